The Morgan fingerprint density at radius 3 is 2.20 bits per heavy atom. The molecule has 4 rings (SSSR count). The Kier molecular flexibility index (Phi) is 5.31. The summed E-state index contributed by atoms with van der Waals surface area (Å²) in [6, 6.07) is 20.8. The summed E-state index contributed by atoms with van der Waals surface area (Å²) in [5, 5.41) is 0.350. The van der Waals surface area contributed by atoms with E-state index in [0.29, 0.717) is 23.0 Å². The van der Waals surface area contributed by atoms with Crippen molar-refractivity contribution in [3.8, 4) is 17.1 Å². The fourth-order valence-corrected chi connectivity index (χ4v) is 3.17. The van der Waals surface area contributed by atoms with E-state index in [1.54, 1.807) is 24.3 Å². The van der Waals surface area contributed by atoms with Crippen molar-refractivity contribution in [2.75, 3.05) is 6.61 Å². The Hall–Kier alpha value is -3.54. The smallest absolute Gasteiger partial charge is 0.416 e. The highest BCUT2D eigenvalue weighted by Crippen LogP contribution is 2.34. The quantitative estimate of drug-likeness (QED) is 0.399. The molecule has 3 aromatic carbocycles. The zero-order valence-electron chi connectivity index (χ0n) is 15.8. The monoisotopic (exact) mass is 410 g/mol. The lowest BCUT2D eigenvalue weighted by atomic mass is 10.1. The fraction of sp³-hybridized carbons (Fsp3) is 0.125. The van der Waals surface area contributed by atoms with E-state index in [4.69, 9.17) is 9.15 Å². The first-order valence-electron chi connectivity index (χ1n) is 9.34. The maximum absolute atomic E-state index is 13.0. The summed E-state index contributed by atoms with van der Waals surface area (Å²) >= 11 is 0. The first-order chi connectivity index (χ1) is 14.4. The molecule has 1 heterocycles. The van der Waals surface area contributed by atoms with Crippen LogP contribution < -0.4 is 10.2 Å². The van der Waals surface area contributed by atoms with Gasteiger partial charge in [-0.3, -0.25) is 4.79 Å². The number of alkyl halides is 3. The average molecular weight is 410 g/mol. The van der Waals surface area contributed by atoms with E-state index in [-0.39, 0.29) is 23.5 Å². The van der Waals surface area contributed by atoms with Gasteiger partial charge in [0.15, 0.2) is 5.76 Å². The number of hydrogen-bond acceptors (Lipinski definition) is 3. The first-order valence-corrected chi connectivity index (χ1v) is 9.34. The van der Waals surface area contributed by atoms with Crippen LogP contribution in [-0.4, -0.2) is 6.61 Å². The second kappa shape index (κ2) is 8.06. The lowest BCUT2D eigenvalue weighted by molar-refractivity contribution is -0.137. The van der Waals surface area contributed by atoms with Gasteiger partial charge in [0.25, 0.3) is 0 Å². The first kappa shape index (κ1) is 19.8. The largest absolute Gasteiger partial charge is 0.486 e. The number of ether oxygens (including phenoxy) is 1. The predicted octanol–water partition coefficient (Wildman–Crippen LogP) is 6.10. The van der Waals surface area contributed by atoms with E-state index in [2.05, 4.69) is 0 Å². The Morgan fingerprint density at radius 1 is 0.833 bits per heavy atom. The normalized spacial score (nSPS) is 11.6. The Morgan fingerprint density at radius 2 is 1.50 bits per heavy atom. The molecule has 0 aliphatic heterocycles. The second-order valence-corrected chi connectivity index (χ2v) is 6.74. The maximum atomic E-state index is 13.0. The highest BCUT2D eigenvalue weighted by molar-refractivity contribution is 5.81. The summed E-state index contributed by atoms with van der Waals surface area (Å²) in [7, 11) is 0. The van der Waals surface area contributed by atoms with E-state index < -0.39 is 11.7 Å². The molecule has 0 N–H and O–H groups in total. The van der Waals surface area contributed by atoms with Gasteiger partial charge < -0.3 is 9.15 Å². The van der Waals surface area contributed by atoms with Gasteiger partial charge in [0.2, 0.25) is 11.2 Å². The molecule has 0 unspecified atom stereocenters. The summed E-state index contributed by atoms with van der Waals surface area (Å²) in [6.07, 6.45) is -3.88. The van der Waals surface area contributed by atoms with Gasteiger partial charge in [-0.1, -0.05) is 54.6 Å². The minimum absolute atomic E-state index is 0.00982. The van der Waals surface area contributed by atoms with E-state index in [0.717, 1.165) is 17.7 Å². The number of benzene rings is 3. The molecule has 0 amide bonds. The molecule has 0 saturated heterocycles. The third-order valence-electron chi connectivity index (χ3n) is 4.71. The molecule has 0 atom stereocenters. The average Bonchev–Trinajstić information content (AvgIpc) is 2.75. The van der Waals surface area contributed by atoms with Gasteiger partial charge in [-0.25, -0.2) is 0 Å². The van der Waals surface area contributed by atoms with E-state index in [1.807, 2.05) is 30.3 Å². The van der Waals surface area contributed by atoms with Crippen molar-refractivity contribution in [1.82, 2.24) is 0 Å². The zero-order chi connectivity index (χ0) is 21.1. The van der Waals surface area contributed by atoms with Crippen molar-refractivity contribution in [1.29, 1.82) is 0 Å². The molecule has 6 heteroatoms. The molecule has 4 aromatic rings. The van der Waals surface area contributed by atoms with Crippen LogP contribution in [-0.2, 0) is 12.6 Å². The number of fused-ring (bicyclic) bond motifs is 1. The summed E-state index contributed by atoms with van der Waals surface area (Å²) < 4.78 is 50.4. The minimum atomic E-state index is -4.45. The molecule has 0 fully saturated rings. The van der Waals surface area contributed by atoms with Crippen molar-refractivity contribution in [3.63, 3.8) is 0 Å². The third-order valence-corrected chi connectivity index (χ3v) is 4.71. The topological polar surface area (TPSA) is 39.4 Å². The van der Waals surface area contributed by atoms with Crippen molar-refractivity contribution < 1.29 is 22.3 Å². The molecule has 0 saturated carbocycles. The Bertz CT molecular complexity index is 1210. The molecule has 0 aliphatic carbocycles. The molecular formula is C24H17F3O3. The maximum Gasteiger partial charge on any atom is 0.416 e. The lowest BCUT2D eigenvalue weighted by Gasteiger charge is -2.13. The molecule has 0 aliphatic rings. The lowest BCUT2D eigenvalue weighted by Crippen LogP contribution is -2.12. The highest BCUT2D eigenvalue weighted by atomic mass is 19.4. The van der Waals surface area contributed by atoms with Crippen LogP contribution in [0.5, 0.6) is 5.75 Å². The van der Waals surface area contributed by atoms with Crippen molar-refractivity contribution in [3.05, 3.63) is 100 Å². The summed E-state index contributed by atoms with van der Waals surface area (Å²) in [5.74, 6) is 0.102. The van der Waals surface area contributed by atoms with Crippen molar-refractivity contribution in [2.24, 2.45) is 0 Å². The summed E-state index contributed by atoms with van der Waals surface area (Å²) in [5.41, 5.74) is 0.577. The van der Waals surface area contributed by atoms with Crippen LogP contribution in [0.25, 0.3) is 22.3 Å². The number of para-hydroxylation sites is 1. The van der Waals surface area contributed by atoms with Crippen molar-refractivity contribution in [2.45, 2.75) is 12.6 Å². The van der Waals surface area contributed by atoms with Crippen LogP contribution in [0.4, 0.5) is 13.2 Å². The van der Waals surface area contributed by atoms with E-state index in [1.165, 1.54) is 12.1 Å². The van der Waals surface area contributed by atoms with Crippen LogP contribution in [0.3, 0.4) is 0 Å². The van der Waals surface area contributed by atoms with E-state index >= 15 is 0 Å². The SMILES string of the molecule is O=c1c(OCCc2ccccc2)c(-c2ccc(C(F)(F)F)cc2)oc2ccccc12. The van der Waals surface area contributed by atoms with Gasteiger partial charge in [-0.15, -0.1) is 0 Å². The van der Waals surface area contributed by atoms with Crippen LogP contribution in [0.1, 0.15) is 11.1 Å². The van der Waals surface area contributed by atoms with Crippen LogP contribution in [0.15, 0.2) is 88.1 Å². The van der Waals surface area contributed by atoms with E-state index in [9.17, 15) is 18.0 Å². The minimum Gasteiger partial charge on any atom is -0.486 e. The van der Waals surface area contributed by atoms with Gasteiger partial charge >= 0.3 is 6.18 Å². The molecule has 152 valence electrons. The van der Waals surface area contributed by atoms with Crippen molar-refractivity contribution >= 4 is 11.0 Å². The Balaban J connectivity index is 1.73. The van der Waals surface area contributed by atoms with Gasteiger partial charge in [0.1, 0.15) is 5.58 Å². The molecule has 3 nitrogen and oxygen atoms in total. The predicted molar refractivity (Wildman–Crippen MR) is 109 cm³/mol. The number of rotatable bonds is 5. The number of halogens is 3. The molecule has 0 radical (unpaired) electrons. The summed E-state index contributed by atoms with van der Waals surface area (Å²) in [6.45, 7) is 0.223. The number of hydrogen-bond donors (Lipinski definition) is 0. The van der Waals surface area contributed by atoms with Crippen LogP contribution in [0.2, 0.25) is 0 Å². The molecular weight excluding hydrogens is 393 g/mol. The molecule has 30 heavy (non-hydrogen) atoms. The van der Waals surface area contributed by atoms with Gasteiger partial charge in [-0.2, -0.15) is 13.2 Å². The highest BCUT2D eigenvalue weighted by Gasteiger charge is 2.30. The fourth-order valence-electron chi connectivity index (χ4n) is 3.17. The second-order valence-electron chi connectivity index (χ2n) is 6.74. The van der Waals surface area contributed by atoms with Gasteiger partial charge in [0, 0.05) is 12.0 Å². The molecule has 0 bridgehead atoms. The van der Waals surface area contributed by atoms with Crippen LogP contribution >= 0.6 is 0 Å². The zero-order valence-corrected chi connectivity index (χ0v) is 15.8. The third kappa shape index (κ3) is 4.08. The van der Waals surface area contributed by atoms with Gasteiger partial charge in [0.05, 0.1) is 17.6 Å². The van der Waals surface area contributed by atoms with Gasteiger partial charge in [-0.05, 0) is 29.8 Å². The Labute approximate surface area is 170 Å². The standard InChI is InChI=1S/C24H17F3O3/c25-24(26,27)18-12-10-17(11-13-18)22-23(29-15-14-16-6-2-1-3-7-16)21(28)19-8-4-5-9-20(19)30-22/h1-13H,14-15H2. The molecule has 1 aromatic heterocycles. The summed E-state index contributed by atoms with van der Waals surface area (Å²) in [4.78, 5) is 13.0. The molecule has 0 spiro atoms. The van der Waals surface area contributed by atoms with Crippen LogP contribution in [0, 0.1) is 0 Å².